The van der Waals surface area contributed by atoms with Gasteiger partial charge in [-0.25, -0.2) is 0 Å². The zero-order valence-corrected chi connectivity index (χ0v) is 16.0. The number of hydrogen-bond acceptors (Lipinski definition) is 3. The summed E-state index contributed by atoms with van der Waals surface area (Å²) in [5, 5.41) is 3.55. The Kier molecular flexibility index (Phi) is 7.45. The van der Waals surface area contributed by atoms with Crippen LogP contribution in [-0.2, 0) is 11.3 Å². The van der Waals surface area contributed by atoms with Crippen molar-refractivity contribution >= 4 is 40.7 Å². The van der Waals surface area contributed by atoms with E-state index in [9.17, 15) is 9.59 Å². The molecular formula is C19H21Cl2N3O2. The van der Waals surface area contributed by atoms with E-state index in [0.717, 1.165) is 12.0 Å². The summed E-state index contributed by atoms with van der Waals surface area (Å²) in [7, 11) is 0. The number of nitrogens with zero attached hydrogens (tertiary/aromatic N) is 1. The van der Waals surface area contributed by atoms with Gasteiger partial charge in [0.05, 0.1) is 10.7 Å². The summed E-state index contributed by atoms with van der Waals surface area (Å²) in [5.41, 5.74) is 7.45. The Bertz CT molecular complexity index is 779. The Hall–Kier alpha value is -2.08. The van der Waals surface area contributed by atoms with Gasteiger partial charge >= 0.3 is 0 Å². The second kappa shape index (κ2) is 9.57. The van der Waals surface area contributed by atoms with Gasteiger partial charge in [-0.3, -0.25) is 9.59 Å². The van der Waals surface area contributed by atoms with E-state index in [4.69, 9.17) is 28.9 Å². The molecule has 0 aliphatic carbocycles. The van der Waals surface area contributed by atoms with Crippen LogP contribution < -0.4 is 11.1 Å². The van der Waals surface area contributed by atoms with Crippen LogP contribution in [0.25, 0.3) is 0 Å². The van der Waals surface area contributed by atoms with Gasteiger partial charge in [0.25, 0.3) is 5.91 Å². The molecule has 0 radical (unpaired) electrons. The van der Waals surface area contributed by atoms with E-state index in [1.807, 2.05) is 19.1 Å². The lowest BCUT2D eigenvalue weighted by Gasteiger charge is -2.22. The molecular weight excluding hydrogens is 373 g/mol. The molecule has 0 aromatic heterocycles. The quantitative estimate of drug-likeness (QED) is 0.747. The maximum Gasteiger partial charge on any atom is 0.254 e. The first-order chi connectivity index (χ1) is 12.4. The number of benzene rings is 2. The predicted octanol–water partition coefficient (Wildman–Crippen LogP) is 3.94. The summed E-state index contributed by atoms with van der Waals surface area (Å²) in [6.07, 6.45) is 0.734. The Labute approximate surface area is 163 Å². The smallest absolute Gasteiger partial charge is 0.254 e. The molecule has 2 rings (SSSR count). The van der Waals surface area contributed by atoms with Crippen molar-refractivity contribution in [2.45, 2.75) is 19.9 Å². The summed E-state index contributed by atoms with van der Waals surface area (Å²) in [5.74, 6) is -0.544. The monoisotopic (exact) mass is 393 g/mol. The second-order valence-electron chi connectivity index (χ2n) is 5.80. The molecule has 0 unspecified atom stereocenters. The number of nitrogens with one attached hydrogen (secondary N) is 1. The molecule has 0 saturated carbocycles. The minimum Gasteiger partial charge on any atom is -0.329 e. The van der Waals surface area contributed by atoms with E-state index in [-0.39, 0.29) is 18.4 Å². The van der Waals surface area contributed by atoms with Crippen molar-refractivity contribution in [1.29, 1.82) is 0 Å². The molecule has 0 aliphatic rings. The molecule has 0 fully saturated rings. The summed E-state index contributed by atoms with van der Waals surface area (Å²) >= 11 is 12.0. The predicted molar refractivity (Wildman–Crippen MR) is 106 cm³/mol. The van der Waals surface area contributed by atoms with Gasteiger partial charge in [0.15, 0.2) is 0 Å². The second-order valence-corrected chi connectivity index (χ2v) is 6.64. The van der Waals surface area contributed by atoms with Gasteiger partial charge < -0.3 is 16.0 Å². The van der Waals surface area contributed by atoms with Crippen LogP contribution in [0, 0.1) is 0 Å². The highest BCUT2D eigenvalue weighted by molar-refractivity contribution is 6.35. The van der Waals surface area contributed by atoms with Crippen molar-refractivity contribution in [3.8, 4) is 0 Å². The number of anilines is 1. The van der Waals surface area contributed by atoms with E-state index < -0.39 is 0 Å². The fourth-order valence-electron chi connectivity index (χ4n) is 2.44. The SMILES string of the molecule is CCCN(CC(=O)Nc1cc(Cl)ccc1Cl)C(=O)c1ccc(CN)cc1. The highest BCUT2D eigenvalue weighted by atomic mass is 35.5. The molecule has 0 aliphatic heterocycles. The van der Waals surface area contributed by atoms with Crippen molar-refractivity contribution in [2.24, 2.45) is 5.73 Å². The largest absolute Gasteiger partial charge is 0.329 e. The van der Waals surface area contributed by atoms with Crippen LogP contribution in [0.15, 0.2) is 42.5 Å². The van der Waals surface area contributed by atoms with Crippen LogP contribution in [0.2, 0.25) is 10.0 Å². The third kappa shape index (κ3) is 5.46. The number of carbonyl (C=O) groups is 2. The zero-order valence-electron chi connectivity index (χ0n) is 14.5. The third-order valence-electron chi connectivity index (χ3n) is 3.75. The first-order valence-electron chi connectivity index (χ1n) is 8.27. The lowest BCUT2D eigenvalue weighted by atomic mass is 10.1. The molecule has 3 N–H and O–H groups in total. The zero-order chi connectivity index (χ0) is 19.1. The van der Waals surface area contributed by atoms with E-state index in [0.29, 0.717) is 34.4 Å². The molecule has 2 aromatic rings. The molecule has 0 bridgehead atoms. The third-order valence-corrected chi connectivity index (χ3v) is 4.32. The van der Waals surface area contributed by atoms with Crippen LogP contribution in [0.1, 0.15) is 29.3 Å². The molecule has 5 nitrogen and oxygen atoms in total. The normalized spacial score (nSPS) is 10.5. The van der Waals surface area contributed by atoms with E-state index in [1.54, 1.807) is 30.3 Å². The van der Waals surface area contributed by atoms with Crippen LogP contribution in [0.3, 0.4) is 0 Å². The number of hydrogen-bond donors (Lipinski definition) is 2. The lowest BCUT2D eigenvalue weighted by Crippen LogP contribution is -2.38. The fourth-order valence-corrected chi connectivity index (χ4v) is 2.78. The van der Waals surface area contributed by atoms with E-state index in [2.05, 4.69) is 5.32 Å². The van der Waals surface area contributed by atoms with Gasteiger partial charge in [-0.1, -0.05) is 42.3 Å². The number of halogens is 2. The summed E-state index contributed by atoms with van der Waals surface area (Å²) in [4.78, 5) is 26.6. The maximum atomic E-state index is 12.7. The van der Waals surface area contributed by atoms with Gasteiger partial charge in [0.1, 0.15) is 6.54 Å². The van der Waals surface area contributed by atoms with Crippen molar-refractivity contribution in [3.05, 3.63) is 63.6 Å². The van der Waals surface area contributed by atoms with Crippen LogP contribution in [-0.4, -0.2) is 29.8 Å². The van der Waals surface area contributed by atoms with Crippen LogP contribution >= 0.6 is 23.2 Å². The molecule has 0 saturated heterocycles. The molecule has 0 heterocycles. The average Bonchev–Trinajstić information content (AvgIpc) is 2.64. The minimum absolute atomic E-state index is 0.0752. The molecule has 138 valence electrons. The Balaban J connectivity index is 2.09. The van der Waals surface area contributed by atoms with Gasteiger partial charge in [-0.05, 0) is 42.3 Å². The first kappa shape index (κ1) is 20.2. The molecule has 0 spiro atoms. The highest BCUT2D eigenvalue weighted by Gasteiger charge is 2.19. The van der Waals surface area contributed by atoms with Crippen molar-refractivity contribution < 1.29 is 9.59 Å². The van der Waals surface area contributed by atoms with Gasteiger partial charge in [0, 0.05) is 23.7 Å². The summed E-state index contributed by atoms with van der Waals surface area (Å²) < 4.78 is 0. The highest BCUT2D eigenvalue weighted by Crippen LogP contribution is 2.25. The fraction of sp³-hybridized carbons (Fsp3) is 0.263. The topological polar surface area (TPSA) is 75.4 Å². The van der Waals surface area contributed by atoms with Gasteiger partial charge in [-0.15, -0.1) is 0 Å². The van der Waals surface area contributed by atoms with Crippen LogP contribution in [0.5, 0.6) is 0 Å². The molecule has 2 amide bonds. The number of carbonyl (C=O) groups excluding carboxylic acids is 2. The van der Waals surface area contributed by atoms with E-state index in [1.165, 1.54) is 4.90 Å². The standard InChI is InChI=1S/C19H21Cl2N3O2/c1-2-9-24(19(26)14-5-3-13(11-22)4-6-14)12-18(25)23-17-10-15(20)7-8-16(17)21/h3-8,10H,2,9,11-12,22H2,1H3,(H,23,25). The van der Waals surface area contributed by atoms with Crippen molar-refractivity contribution in [3.63, 3.8) is 0 Å². The Morgan fingerprint density at radius 1 is 1.12 bits per heavy atom. The van der Waals surface area contributed by atoms with Crippen molar-refractivity contribution in [2.75, 3.05) is 18.4 Å². The maximum absolute atomic E-state index is 12.7. The van der Waals surface area contributed by atoms with Gasteiger partial charge in [-0.2, -0.15) is 0 Å². The summed E-state index contributed by atoms with van der Waals surface area (Å²) in [6, 6.07) is 11.9. The first-order valence-corrected chi connectivity index (χ1v) is 9.03. The minimum atomic E-state index is -0.338. The molecule has 0 atom stereocenters. The number of amides is 2. The van der Waals surface area contributed by atoms with Crippen LogP contribution in [0.4, 0.5) is 5.69 Å². The Morgan fingerprint density at radius 2 is 1.81 bits per heavy atom. The van der Waals surface area contributed by atoms with E-state index >= 15 is 0 Å². The van der Waals surface area contributed by atoms with Crippen molar-refractivity contribution in [1.82, 2.24) is 4.90 Å². The Morgan fingerprint density at radius 3 is 2.42 bits per heavy atom. The lowest BCUT2D eigenvalue weighted by molar-refractivity contribution is -0.116. The van der Waals surface area contributed by atoms with Gasteiger partial charge in [0.2, 0.25) is 5.91 Å². The summed E-state index contributed by atoms with van der Waals surface area (Å²) in [6.45, 7) is 2.75. The molecule has 26 heavy (non-hydrogen) atoms. The molecule has 7 heteroatoms. The average molecular weight is 394 g/mol. The number of rotatable bonds is 7. The number of nitrogens with two attached hydrogens (primary N) is 1. The molecule has 2 aromatic carbocycles.